The van der Waals surface area contributed by atoms with E-state index in [2.05, 4.69) is 38.6 Å². The van der Waals surface area contributed by atoms with E-state index in [1.807, 2.05) is 6.08 Å². The molecule has 2 N–H and O–H groups in total. The minimum absolute atomic E-state index is 0.254. The van der Waals surface area contributed by atoms with Crippen molar-refractivity contribution in [1.82, 2.24) is 0 Å². The van der Waals surface area contributed by atoms with Crippen molar-refractivity contribution in [3.8, 4) is 0 Å². The van der Waals surface area contributed by atoms with Crippen LogP contribution in [0.25, 0.3) is 0 Å². The number of aryl methyl sites for hydroxylation is 2. The van der Waals surface area contributed by atoms with Crippen LogP contribution in [0, 0.1) is 13.8 Å². The van der Waals surface area contributed by atoms with E-state index in [4.69, 9.17) is 5.73 Å². The van der Waals surface area contributed by atoms with Crippen LogP contribution in [0.1, 0.15) is 29.5 Å². The molecule has 0 aliphatic heterocycles. The fourth-order valence-corrected chi connectivity index (χ4v) is 1.92. The van der Waals surface area contributed by atoms with Crippen LogP contribution in [0.2, 0.25) is 0 Å². The van der Waals surface area contributed by atoms with E-state index >= 15 is 0 Å². The molecule has 0 saturated carbocycles. The Morgan fingerprint density at radius 1 is 1.27 bits per heavy atom. The predicted molar refractivity (Wildman–Crippen MR) is 67.0 cm³/mol. The van der Waals surface area contributed by atoms with Crippen LogP contribution in [-0.2, 0) is 6.42 Å². The summed E-state index contributed by atoms with van der Waals surface area (Å²) in [6.45, 7) is 7.97. The number of rotatable bonds is 5. The largest absolute Gasteiger partial charge is 0.327 e. The molecule has 1 heteroatoms. The molecule has 0 bridgehead atoms. The fraction of sp³-hybridized carbons (Fsp3) is 0.429. The molecule has 1 atom stereocenters. The van der Waals surface area contributed by atoms with E-state index in [0.29, 0.717) is 0 Å². The first-order chi connectivity index (χ1) is 7.11. The van der Waals surface area contributed by atoms with Crippen LogP contribution < -0.4 is 5.73 Å². The Morgan fingerprint density at radius 2 is 1.87 bits per heavy atom. The van der Waals surface area contributed by atoms with Crippen molar-refractivity contribution in [2.75, 3.05) is 0 Å². The summed E-state index contributed by atoms with van der Waals surface area (Å²) in [7, 11) is 0. The zero-order valence-corrected chi connectivity index (χ0v) is 9.79. The van der Waals surface area contributed by atoms with Crippen LogP contribution in [0.4, 0.5) is 0 Å². The topological polar surface area (TPSA) is 26.0 Å². The normalized spacial score (nSPS) is 12.5. The molecule has 0 aliphatic rings. The Balaban J connectivity index is 2.59. The summed E-state index contributed by atoms with van der Waals surface area (Å²) in [5.41, 5.74) is 10.0. The molecule has 15 heavy (non-hydrogen) atoms. The zero-order chi connectivity index (χ0) is 11.3. The lowest BCUT2D eigenvalue weighted by Crippen LogP contribution is -2.22. The van der Waals surface area contributed by atoms with Gasteiger partial charge < -0.3 is 5.73 Å². The summed E-state index contributed by atoms with van der Waals surface area (Å²) in [4.78, 5) is 0. The second-order valence-electron chi connectivity index (χ2n) is 4.33. The third-order valence-corrected chi connectivity index (χ3v) is 2.52. The average Bonchev–Trinajstić information content (AvgIpc) is 2.13. The van der Waals surface area contributed by atoms with Crippen molar-refractivity contribution in [3.63, 3.8) is 0 Å². The summed E-state index contributed by atoms with van der Waals surface area (Å²) >= 11 is 0. The SMILES string of the molecule is C=CCCC(N)Cc1cc(C)cc(C)c1. The smallest absolute Gasteiger partial charge is 0.00822 e. The molecule has 0 spiro atoms. The van der Waals surface area contributed by atoms with Gasteiger partial charge in [-0.15, -0.1) is 6.58 Å². The van der Waals surface area contributed by atoms with E-state index in [9.17, 15) is 0 Å². The van der Waals surface area contributed by atoms with Gasteiger partial charge in [0.15, 0.2) is 0 Å². The predicted octanol–water partition coefficient (Wildman–Crippen LogP) is 3.14. The van der Waals surface area contributed by atoms with E-state index in [1.165, 1.54) is 16.7 Å². The number of hydrogen-bond donors (Lipinski definition) is 1. The Labute approximate surface area is 93.0 Å². The molecule has 0 aromatic heterocycles. The van der Waals surface area contributed by atoms with Crippen molar-refractivity contribution in [2.24, 2.45) is 5.73 Å². The van der Waals surface area contributed by atoms with Crippen LogP contribution in [-0.4, -0.2) is 6.04 Å². The van der Waals surface area contributed by atoms with Gasteiger partial charge in [0, 0.05) is 6.04 Å². The molecule has 82 valence electrons. The van der Waals surface area contributed by atoms with Crippen LogP contribution in [0.15, 0.2) is 30.9 Å². The molecular weight excluding hydrogens is 182 g/mol. The van der Waals surface area contributed by atoms with Crippen molar-refractivity contribution in [3.05, 3.63) is 47.5 Å². The highest BCUT2D eigenvalue weighted by atomic mass is 14.6. The molecule has 0 fully saturated rings. The standard InChI is InChI=1S/C14H21N/c1-4-5-6-14(15)10-13-8-11(2)7-12(3)9-13/h4,7-9,14H,1,5-6,10,15H2,2-3H3. The fourth-order valence-electron chi connectivity index (χ4n) is 1.92. The second-order valence-corrected chi connectivity index (χ2v) is 4.33. The van der Waals surface area contributed by atoms with Gasteiger partial charge in [-0.3, -0.25) is 0 Å². The van der Waals surface area contributed by atoms with E-state index in [-0.39, 0.29) is 6.04 Å². The third kappa shape index (κ3) is 4.30. The minimum atomic E-state index is 0.254. The Kier molecular flexibility index (Phi) is 4.57. The lowest BCUT2D eigenvalue weighted by atomic mass is 9.99. The monoisotopic (exact) mass is 203 g/mol. The maximum Gasteiger partial charge on any atom is 0.00822 e. The highest BCUT2D eigenvalue weighted by Gasteiger charge is 2.03. The van der Waals surface area contributed by atoms with Gasteiger partial charge in [-0.05, 0) is 38.7 Å². The van der Waals surface area contributed by atoms with Gasteiger partial charge in [-0.25, -0.2) is 0 Å². The molecule has 0 amide bonds. The maximum absolute atomic E-state index is 6.04. The van der Waals surface area contributed by atoms with Crippen LogP contribution in [0.5, 0.6) is 0 Å². The van der Waals surface area contributed by atoms with E-state index in [1.54, 1.807) is 0 Å². The Morgan fingerprint density at radius 3 is 2.40 bits per heavy atom. The first-order valence-corrected chi connectivity index (χ1v) is 5.55. The molecule has 1 aromatic rings. The average molecular weight is 203 g/mol. The summed E-state index contributed by atoms with van der Waals surface area (Å²) in [6, 6.07) is 6.89. The van der Waals surface area contributed by atoms with E-state index < -0.39 is 0 Å². The quantitative estimate of drug-likeness (QED) is 0.731. The number of allylic oxidation sites excluding steroid dienone is 1. The molecular formula is C14H21N. The first kappa shape index (κ1) is 12.0. The summed E-state index contributed by atoms with van der Waals surface area (Å²) in [6.07, 6.45) is 4.93. The van der Waals surface area contributed by atoms with Crippen LogP contribution in [0.3, 0.4) is 0 Å². The molecule has 0 heterocycles. The summed E-state index contributed by atoms with van der Waals surface area (Å²) < 4.78 is 0. The van der Waals surface area contributed by atoms with Gasteiger partial charge in [0.1, 0.15) is 0 Å². The summed E-state index contributed by atoms with van der Waals surface area (Å²) in [5.74, 6) is 0. The molecule has 0 radical (unpaired) electrons. The zero-order valence-electron chi connectivity index (χ0n) is 9.79. The molecule has 1 rings (SSSR count). The van der Waals surface area contributed by atoms with Crippen molar-refractivity contribution >= 4 is 0 Å². The van der Waals surface area contributed by atoms with Gasteiger partial charge >= 0.3 is 0 Å². The first-order valence-electron chi connectivity index (χ1n) is 5.55. The summed E-state index contributed by atoms with van der Waals surface area (Å²) in [5, 5.41) is 0. The van der Waals surface area contributed by atoms with Gasteiger partial charge in [0.05, 0.1) is 0 Å². The highest BCUT2D eigenvalue weighted by molar-refractivity contribution is 5.29. The Hall–Kier alpha value is -1.08. The molecule has 0 aliphatic carbocycles. The molecule has 0 saturated heterocycles. The van der Waals surface area contributed by atoms with Crippen molar-refractivity contribution < 1.29 is 0 Å². The van der Waals surface area contributed by atoms with Crippen LogP contribution >= 0.6 is 0 Å². The van der Waals surface area contributed by atoms with Gasteiger partial charge in [0.2, 0.25) is 0 Å². The second kappa shape index (κ2) is 5.72. The van der Waals surface area contributed by atoms with E-state index in [0.717, 1.165) is 19.3 Å². The number of nitrogens with two attached hydrogens (primary N) is 1. The van der Waals surface area contributed by atoms with Crippen molar-refractivity contribution in [1.29, 1.82) is 0 Å². The Bertz CT molecular complexity index is 308. The third-order valence-electron chi connectivity index (χ3n) is 2.52. The maximum atomic E-state index is 6.04. The van der Waals surface area contributed by atoms with Crippen molar-refractivity contribution in [2.45, 2.75) is 39.2 Å². The lowest BCUT2D eigenvalue weighted by molar-refractivity contribution is 0.617. The van der Waals surface area contributed by atoms with Gasteiger partial charge in [-0.2, -0.15) is 0 Å². The van der Waals surface area contributed by atoms with Gasteiger partial charge in [-0.1, -0.05) is 35.4 Å². The molecule has 1 nitrogen and oxygen atoms in total. The lowest BCUT2D eigenvalue weighted by Gasteiger charge is -2.11. The number of hydrogen-bond acceptors (Lipinski definition) is 1. The number of benzene rings is 1. The highest BCUT2D eigenvalue weighted by Crippen LogP contribution is 2.12. The van der Waals surface area contributed by atoms with Gasteiger partial charge in [0.25, 0.3) is 0 Å². The molecule has 1 unspecified atom stereocenters. The molecule has 1 aromatic carbocycles. The minimum Gasteiger partial charge on any atom is -0.327 e.